The minimum Gasteiger partial charge on any atom is -0.495 e. The van der Waals surface area contributed by atoms with Crippen molar-refractivity contribution >= 4 is 40.0 Å². The van der Waals surface area contributed by atoms with Gasteiger partial charge in [-0.2, -0.15) is 0 Å². The van der Waals surface area contributed by atoms with Crippen LogP contribution in [-0.4, -0.2) is 30.8 Å². The van der Waals surface area contributed by atoms with E-state index < -0.39 is 5.54 Å². The van der Waals surface area contributed by atoms with Crippen molar-refractivity contribution in [2.75, 3.05) is 20.3 Å². The van der Waals surface area contributed by atoms with Crippen LogP contribution in [-0.2, 0) is 17.3 Å². The second-order valence-corrected chi connectivity index (χ2v) is 7.49. The van der Waals surface area contributed by atoms with E-state index in [4.69, 9.17) is 32.7 Å². The lowest BCUT2D eigenvalue weighted by Gasteiger charge is -2.42. The SMILES string of the molecule is COc1cc2c(cc(C(=O)NC3(c4ccccc4F)COC3)n2C)c(Cl)c1Cl. The smallest absolute Gasteiger partial charge is 0.268 e. The Morgan fingerprint density at radius 2 is 1.96 bits per heavy atom. The molecule has 0 atom stereocenters. The average Bonchev–Trinajstić information content (AvgIpc) is 2.98. The molecule has 4 rings (SSSR count). The molecular formula is C20H17Cl2FN2O3. The molecule has 1 saturated heterocycles. The molecule has 0 radical (unpaired) electrons. The Morgan fingerprint density at radius 3 is 2.57 bits per heavy atom. The summed E-state index contributed by atoms with van der Waals surface area (Å²) in [6.07, 6.45) is 0. The standard InChI is InChI=1S/C20H17Cl2FN2O3/c1-25-14-8-16(27-2)18(22)17(21)11(14)7-15(25)19(26)24-20(9-28-10-20)12-5-3-4-6-13(12)23/h3-8H,9-10H2,1-2H3,(H,24,26). The van der Waals surface area contributed by atoms with E-state index >= 15 is 0 Å². The number of hydrogen-bond donors (Lipinski definition) is 1. The molecule has 3 aromatic rings. The second kappa shape index (κ2) is 6.95. The predicted octanol–water partition coefficient (Wildman–Crippen LogP) is 4.29. The Morgan fingerprint density at radius 1 is 1.25 bits per heavy atom. The van der Waals surface area contributed by atoms with Crippen LogP contribution < -0.4 is 10.1 Å². The predicted molar refractivity (Wildman–Crippen MR) is 106 cm³/mol. The first-order valence-corrected chi connectivity index (χ1v) is 9.30. The molecule has 0 saturated carbocycles. The lowest BCUT2D eigenvalue weighted by atomic mass is 9.87. The van der Waals surface area contributed by atoms with Gasteiger partial charge < -0.3 is 19.4 Å². The van der Waals surface area contributed by atoms with Gasteiger partial charge in [-0.3, -0.25) is 4.79 Å². The Bertz CT molecular complexity index is 1090. The van der Waals surface area contributed by atoms with Gasteiger partial charge in [0.1, 0.15) is 27.8 Å². The average molecular weight is 423 g/mol. The third kappa shape index (κ3) is 2.83. The summed E-state index contributed by atoms with van der Waals surface area (Å²) >= 11 is 12.6. The maximum absolute atomic E-state index is 14.3. The van der Waals surface area contributed by atoms with Crippen molar-refractivity contribution in [3.63, 3.8) is 0 Å². The summed E-state index contributed by atoms with van der Waals surface area (Å²) < 4.78 is 26.6. The molecule has 1 amide bonds. The van der Waals surface area contributed by atoms with E-state index in [1.807, 2.05) is 0 Å². The van der Waals surface area contributed by atoms with Gasteiger partial charge in [0, 0.05) is 24.1 Å². The Labute approximate surface area is 170 Å². The van der Waals surface area contributed by atoms with Gasteiger partial charge in [-0.05, 0) is 12.1 Å². The van der Waals surface area contributed by atoms with E-state index in [1.54, 1.807) is 41.9 Å². The first-order chi connectivity index (χ1) is 13.4. The molecule has 0 spiro atoms. The van der Waals surface area contributed by atoms with E-state index in [2.05, 4.69) is 5.32 Å². The summed E-state index contributed by atoms with van der Waals surface area (Å²) in [6.45, 7) is 0.397. The van der Waals surface area contributed by atoms with Crippen LogP contribution in [0.1, 0.15) is 16.1 Å². The number of methoxy groups -OCH3 is 1. The number of aryl methyl sites for hydroxylation is 1. The number of ether oxygens (including phenoxy) is 2. The summed E-state index contributed by atoms with van der Waals surface area (Å²) in [5, 5.41) is 4.15. The third-order valence-corrected chi connectivity index (χ3v) is 5.95. The fourth-order valence-electron chi connectivity index (χ4n) is 3.48. The molecule has 8 heteroatoms. The molecule has 146 valence electrons. The number of nitrogens with one attached hydrogen (secondary N) is 1. The van der Waals surface area contributed by atoms with E-state index in [1.165, 1.54) is 13.2 Å². The summed E-state index contributed by atoms with van der Waals surface area (Å²) in [5.74, 6) is -0.332. The molecule has 0 bridgehead atoms. The third-order valence-electron chi connectivity index (χ3n) is 5.08. The molecule has 1 aromatic heterocycles. The first-order valence-electron chi connectivity index (χ1n) is 8.54. The highest BCUT2D eigenvalue weighted by atomic mass is 35.5. The van der Waals surface area contributed by atoms with Gasteiger partial charge in [0.25, 0.3) is 5.91 Å². The summed E-state index contributed by atoms with van der Waals surface area (Å²) in [7, 11) is 3.24. The number of amides is 1. The van der Waals surface area contributed by atoms with E-state index in [0.29, 0.717) is 32.9 Å². The van der Waals surface area contributed by atoms with Crippen LogP contribution >= 0.6 is 23.2 Å². The molecule has 2 aromatic carbocycles. The number of rotatable bonds is 4. The first kappa shape index (κ1) is 19.1. The lowest BCUT2D eigenvalue weighted by Crippen LogP contribution is -2.60. The molecule has 28 heavy (non-hydrogen) atoms. The Kier molecular flexibility index (Phi) is 4.73. The fraction of sp³-hybridized carbons (Fsp3) is 0.250. The van der Waals surface area contributed by atoms with Crippen molar-refractivity contribution in [3.05, 3.63) is 63.5 Å². The number of aromatic nitrogens is 1. The highest BCUT2D eigenvalue weighted by Crippen LogP contribution is 2.40. The monoisotopic (exact) mass is 422 g/mol. The maximum Gasteiger partial charge on any atom is 0.268 e. The van der Waals surface area contributed by atoms with Crippen LogP contribution in [0.5, 0.6) is 5.75 Å². The summed E-state index contributed by atoms with van der Waals surface area (Å²) in [6, 6.07) is 9.74. The van der Waals surface area contributed by atoms with Crippen molar-refractivity contribution in [2.24, 2.45) is 7.05 Å². The van der Waals surface area contributed by atoms with Crippen LogP contribution in [0.4, 0.5) is 4.39 Å². The molecule has 5 nitrogen and oxygen atoms in total. The van der Waals surface area contributed by atoms with E-state index in [0.717, 1.165) is 0 Å². The van der Waals surface area contributed by atoms with Gasteiger partial charge in [0.2, 0.25) is 0 Å². The van der Waals surface area contributed by atoms with Crippen LogP contribution in [0.2, 0.25) is 10.0 Å². The molecule has 1 N–H and O–H groups in total. The topological polar surface area (TPSA) is 52.5 Å². The molecule has 1 fully saturated rings. The minimum atomic E-state index is -0.905. The fourth-order valence-corrected chi connectivity index (χ4v) is 3.96. The number of carbonyl (C=O) groups is 1. The number of benzene rings is 2. The van der Waals surface area contributed by atoms with Crippen molar-refractivity contribution in [1.29, 1.82) is 0 Å². The molecule has 0 unspecified atom stereocenters. The van der Waals surface area contributed by atoms with Gasteiger partial charge >= 0.3 is 0 Å². The second-order valence-electron chi connectivity index (χ2n) is 6.74. The zero-order chi connectivity index (χ0) is 20.1. The quantitative estimate of drug-likeness (QED) is 0.682. The van der Waals surface area contributed by atoms with Gasteiger partial charge in [0.05, 0.1) is 30.9 Å². The van der Waals surface area contributed by atoms with E-state index in [-0.39, 0.29) is 30.0 Å². The Hall–Kier alpha value is -2.28. The maximum atomic E-state index is 14.3. The van der Waals surface area contributed by atoms with Crippen LogP contribution in [0.15, 0.2) is 36.4 Å². The minimum absolute atomic E-state index is 0.198. The van der Waals surface area contributed by atoms with Gasteiger partial charge in [-0.1, -0.05) is 41.4 Å². The number of carbonyl (C=O) groups excluding carboxylic acids is 1. The van der Waals surface area contributed by atoms with Gasteiger partial charge in [-0.25, -0.2) is 4.39 Å². The number of fused-ring (bicyclic) bond motifs is 1. The normalized spacial score (nSPS) is 15.3. The van der Waals surface area contributed by atoms with Crippen molar-refractivity contribution < 1.29 is 18.7 Å². The Balaban J connectivity index is 1.74. The molecule has 1 aliphatic rings. The zero-order valence-corrected chi connectivity index (χ0v) is 16.7. The summed E-state index contributed by atoms with van der Waals surface area (Å²) in [4.78, 5) is 13.1. The van der Waals surface area contributed by atoms with Crippen LogP contribution in [0, 0.1) is 5.82 Å². The summed E-state index contributed by atoms with van der Waals surface area (Å²) in [5.41, 5.74) is 0.555. The molecule has 0 aliphatic carbocycles. The van der Waals surface area contributed by atoms with Crippen molar-refractivity contribution in [3.8, 4) is 5.75 Å². The highest BCUT2D eigenvalue weighted by molar-refractivity contribution is 6.46. The molecular weight excluding hydrogens is 406 g/mol. The van der Waals surface area contributed by atoms with Gasteiger partial charge in [0.15, 0.2) is 0 Å². The van der Waals surface area contributed by atoms with Crippen molar-refractivity contribution in [2.45, 2.75) is 5.54 Å². The zero-order valence-electron chi connectivity index (χ0n) is 15.2. The van der Waals surface area contributed by atoms with Crippen LogP contribution in [0.3, 0.4) is 0 Å². The lowest BCUT2D eigenvalue weighted by molar-refractivity contribution is -0.0750. The number of halogens is 3. The van der Waals surface area contributed by atoms with Crippen LogP contribution in [0.25, 0.3) is 10.9 Å². The van der Waals surface area contributed by atoms with Crippen molar-refractivity contribution in [1.82, 2.24) is 9.88 Å². The number of hydrogen-bond acceptors (Lipinski definition) is 3. The highest BCUT2D eigenvalue weighted by Gasteiger charge is 2.44. The molecule has 1 aliphatic heterocycles. The molecule has 2 heterocycles. The van der Waals surface area contributed by atoms with E-state index in [9.17, 15) is 9.18 Å². The van der Waals surface area contributed by atoms with Gasteiger partial charge in [-0.15, -0.1) is 0 Å². The number of nitrogens with zero attached hydrogens (tertiary/aromatic N) is 1. The largest absolute Gasteiger partial charge is 0.495 e.